The van der Waals surface area contributed by atoms with Gasteiger partial charge in [-0.25, -0.2) is 0 Å². The van der Waals surface area contributed by atoms with Crippen LogP contribution < -0.4 is 5.32 Å². The van der Waals surface area contributed by atoms with Crippen molar-refractivity contribution in [2.24, 2.45) is 0 Å². The Labute approximate surface area is 79.0 Å². The number of rotatable bonds is 7. The lowest BCUT2D eigenvalue weighted by atomic mass is 10.2. The minimum atomic E-state index is -1.27. The summed E-state index contributed by atoms with van der Waals surface area (Å²) in [6.45, 7) is 2.19. The zero-order chi connectivity index (χ0) is 10.1. The van der Waals surface area contributed by atoms with Gasteiger partial charge in [0.15, 0.2) is 6.10 Å². The number of amides is 1. The highest BCUT2D eigenvalue weighted by atomic mass is 16.3. The Kier molecular flexibility index (Phi) is 7.63. The minimum absolute atomic E-state index is 0.487. The van der Waals surface area contributed by atoms with Crippen LogP contribution in [0.25, 0.3) is 0 Å². The van der Waals surface area contributed by atoms with E-state index in [9.17, 15) is 4.79 Å². The lowest BCUT2D eigenvalue weighted by Crippen LogP contribution is -2.37. The molecule has 3 N–H and O–H groups in total. The number of carbonyl (C=O) groups excluding carboxylic acids is 1. The summed E-state index contributed by atoms with van der Waals surface area (Å²) in [6, 6.07) is 0. The largest absolute Gasteiger partial charge is 0.393 e. The zero-order valence-corrected chi connectivity index (χ0v) is 8.12. The monoisotopic (exact) mass is 189 g/mol. The lowest BCUT2D eigenvalue weighted by Gasteiger charge is -2.07. The van der Waals surface area contributed by atoms with Crippen LogP contribution in [-0.4, -0.2) is 35.4 Å². The topological polar surface area (TPSA) is 69.6 Å². The van der Waals surface area contributed by atoms with E-state index in [4.69, 9.17) is 10.2 Å². The maximum Gasteiger partial charge on any atom is 0.251 e. The van der Waals surface area contributed by atoms with E-state index in [-0.39, 0.29) is 0 Å². The molecule has 4 nitrogen and oxygen atoms in total. The Hall–Kier alpha value is -0.610. The Morgan fingerprint density at radius 1 is 1.38 bits per heavy atom. The first-order valence-electron chi connectivity index (χ1n) is 4.79. The van der Waals surface area contributed by atoms with Gasteiger partial charge >= 0.3 is 0 Å². The van der Waals surface area contributed by atoms with Crippen molar-refractivity contribution in [3.63, 3.8) is 0 Å². The van der Waals surface area contributed by atoms with Crippen LogP contribution in [0.4, 0.5) is 0 Å². The summed E-state index contributed by atoms with van der Waals surface area (Å²) in [5.41, 5.74) is 0. The molecule has 0 rings (SSSR count). The highest BCUT2D eigenvalue weighted by molar-refractivity contribution is 5.80. The van der Waals surface area contributed by atoms with E-state index in [1.807, 2.05) is 0 Å². The molecule has 13 heavy (non-hydrogen) atoms. The van der Waals surface area contributed by atoms with Gasteiger partial charge in [-0.05, 0) is 6.42 Å². The van der Waals surface area contributed by atoms with Crippen molar-refractivity contribution < 1.29 is 15.0 Å². The molecule has 4 heteroatoms. The minimum Gasteiger partial charge on any atom is -0.393 e. The van der Waals surface area contributed by atoms with E-state index in [1.165, 1.54) is 6.42 Å². The van der Waals surface area contributed by atoms with E-state index in [1.54, 1.807) is 0 Å². The van der Waals surface area contributed by atoms with Gasteiger partial charge in [0.05, 0.1) is 6.61 Å². The highest BCUT2D eigenvalue weighted by Crippen LogP contribution is 1.97. The van der Waals surface area contributed by atoms with Crippen molar-refractivity contribution in [2.45, 2.75) is 38.7 Å². The van der Waals surface area contributed by atoms with Crippen LogP contribution >= 0.6 is 0 Å². The molecule has 0 radical (unpaired) electrons. The SMILES string of the molecule is CCCCCCNC(=O)C(O)CO. The predicted octanol–water partition coefficient (Wildman–Crippen LogP) is 0.0361. The van der Waals surface area contributed by atoms with Crippen LogP contribution in [0, 0.1) is 0 Å². The first kappa shape index (κ1) is 12.4. The summed E-state index contributed by atoms with van der Waals surface area (Å²) >= 11 is 0. The fraction of sp³-hybridized carbons (Fsp3) is 0.889. The molecule has 0 aliphatic rings. The molecule has 0 bridgehead atoms. The smallest absolute Gasteiger partial charge is 0.251 e. The average Bonchev–Trinajstić information content (AvgIpc) is 2.16. The molecule has 0 aromatic carbocycles. The first-order chi connectivity index (χ1) is 6.22. The number of hydrogen-bond acceptors (Lipinski definition) is 3. The molecule has 0 aromatic rings. The Morgan fingerprint density at radius 3 is 2.62 bits per heavy atom. The molecule has 0 spiro atoms. The highest BCUT2D eigenvalue weighted by Gasteiger charge is 2.11. The molecule has 0 heterocycles. The molecule has 0 aliphatic heterocycles. The molecule has 1 amide bonds. The summed E-state index contributed by atoms with van der Waals surface area (Å²) in [6.07, 6.45) is 3.07. The van der Waals surface area contributed by atoms with Gasteiger partial charge in [0, 0.05) is 6.54 Å². The van der Waals surface area contributed by atoms with Gasteiger partial charge in [-0.2, -0.15) is 0 Å². The number of carbonyl (C=O) groups is 1. The number of unbranched alkanes of at least 4 members (excludes halogenated alkanes) is 3. The predicted molar refractivity (Wildman–Crippen MR) is 50.2 cm³/mol. The molecule has 0 aliphatic carbocycles. The second kappa shape index (κ2) is 8.01. The van der Waals surface area contributed by atoms with Crippen LogP contribution in [0.15, 0.2) is 0 Å². The fourth-order valence-electron chi connectivity index (χ4n) is 0.964. The van der Waals surface area contributed by atoms with E-state index in [2.05, 4.69) is 12.2 Å². The van der Waals surface area contributed by atoms with Crippen LogP contribution in [0.3, 0.4) is 0 Å². The number of aliphatic hydroxyl groups excluding tert-OH is 2. The summed E-state index contributed by atoms with van der Waals surface area (Å²) < 4.78 is 0. The normalized spacial score (nSPS) is 12.5. The number of aliphatic hydroxyl groups is 2. The molecule has 0 fully saturated rings. The molecule has 0 saturated carbocycles. The summed E-state index contributed by atoms with van der Waals surface area (Å²) in [7, 11) is 0. The molecule has 1 unspecified atom stereocenters. The van der Waals surface area contributed by atoms with Crippen molar-refractivity contribution >= 4 is 5.91 Å². The van der Waals surface area contributed by atoms with E-state index < -0.39 is 18.6 Å². The first-order valence-corrected chi connectivity index (χ1v) is 4.79. The van der Waals surface area contributed by atoms with Crippen molar-refractivity contribution in [3.8, 4) is 0 Å². The number of nitrogens with one attached hydrogen (secondary N) is 1. The molecule has 0 aromatic heterocycles. The summed E-state index contributed by atoms with van der Waals surface area (Å²) in [5.74, 6) is -0.487. The van der Waals surface area contributed by atoms with Gasteiger partial charge in [-0.3, -0.25) is 4.79 Å². The van der Waals surface area contributed by atoms with Gasteiger partial charge in [0.2, 0.25) is 0 Å². The maximum atomic E-state index is 10.9. The zero-order valence-electron chi connectivity index (χ0n) is 8.12. The van der Waals surface area contributed by atoms with Crippen molar-refractivity contribution in [1.82, 2.24) is 5.32 Å². The Morgan fingerprint density at radius 2 is 2.08 bits per heavy atom. The third-order valence-electron chi connectivity index (χ3n) is 1.81. The second-order valence-electron chi connectivity index (χ2n) is 3.05. The molecule has 1 atom stereocenters. The van der Waals surface area contributed by atoms with Crippen LogP contribution in [0.5, 0.6) is 0 Å². The lowest BCUT2D eigenvalue weighted by molar-refractivity contribution is -0.131. The van der Waals surface area contributed by atoms with Crippen LogP contribution in [0.2, 0.25) is 0 Å². The summed E-state index contributed by atoms with van der Waals surface area (Å²) in [5, 5.41) is 19.8. The van der Waals surface area contributed by atoms with Crippen LogP contribution in [0.1, 0.15) is 32.6 Å². The molecular formula is C9H19NO3. The fourth-order valence-corrected chi connectivity index (χ4v) is 0.964. The molecule has 0 saturated heterocycles. The van der Waals surface area contributed by atoms with Crippen molar-refractivity contribution in [1.29, 1.82) is 0 Å². The average molecular weight is 189 g/mol. The quantitative estimate of drug-likeness (QED) is 0.495. The number of hydrogen-bond donors (Lipinski definition) is 3. The summed E-state index contributed by atoms with van der Waals surface area (Å²) in [4.78, 5) is 10.9. The van der Waals surface area contributed by atoms with Gasteiger partial charge in [0.1, 0.15) is 0 Å². The van der Waals surface area contributed by atoms with Crippen LogP contribution in [-0.2, 0) is 4.79 Å². The second-order valence-corrected chi connectivity index (χ2v) is 3.05. The third kappa shape index (κ3) is 6.54. The van der Waals surface area contributed by atoms with E-state index in [0.717, 1.165) is 19.3 Å². The molecular weight excluding hydrogens is 170 g/mol. The Balaban J connectivity index is 3.27. The van der Waals surface area contributed by atoms with E-state index >= 15 is 0 Å². The van der Waals surface area contributed by atoms with Crippen molar-refractivity contribution in [2.75, 3.05) is 13.2 Å². The van der Waals surface area contributed by atoms with E-state index in [0.29, 0.717) is 6.54 Å². The van der Waals surface area contributed by atoms with Crippen molar-refractivity contribution in [3.05, 3.63) is 0 Å². The molecule has 78 valence electrons. The third-order valence-corrected chi connectivity index (χ3v) is 1.81. The van der Waals surface area contributed by atoms with Gasteiger partial charge in [-0.15, -0.1) is 0 Å². The van der Waals surface area contributed by atoms with Gasteiger partial charge in [-0.1, -0.05) is 26.2 Å². The van der Waals surface area contributed by atoms with Gasteiger partial charge < -0.3 is 15.5 Å². The maximum absolute atomic E-state index is 10.9. The standard InChI is InChI=1S/C9H19NO3/c1-2-3-4-5-6-10-9(13)8(12)7-11/h8,11-12H,2-7H2,1H3,(H,10,13). The Bertz CT molecular complexity index is 139. The van der Waals surface area contributed by atoms with Gasteiger partial charge in [0.25, 0.3) is 5.91 Å².